The van der Waals surface area contributed by atoms with E-state index in [2.05, 4.69) is 264 Å². The molecule has 3 heteroatoms. The van der Waals surface area contributed by atoms with E-state index in [1.807, 2.05) is 12.1 Å². The Kier molecular flexibility index (Phi) is 9.84. The van der Waals surface area contributed by atoms with Crippen LogP contribution in [0.5, 0.6) is 0 Å². The Morgan fingerprint density at radius 2 is 0.739 bits per heavy atom. The summed E-state index contributed by atoms with van der Waals surface area (Å²) in [5, 5.41) is 4.76. The van der Waals surface area contributed by atoms with Gasteiger partial charge in [0, 0.05) is 49.7 Å². The Labute approximate surface area is 401 Å². The van der Waals surface area contributed by atoms with E-state index >= 15 is 0 Å². The first-order chi connectivity index (χ1) is 34.2. The minimum absolute atomic E-state index is 0.897. The van der Waals surface area contributed by atoms with Crippen LogP contribution in [-0.4, -0.2) is 4.57 Å². The van der Waals surface area contributed by atoms with Gasteiger partial charge in [0.1, 0.15) is 11.2 Å². The van der Waals surface area contributed by atoms with Crippen LogP contribution in [-0.2, 0) is 0 Å². The number of rotatable bonds is 9. The van der Waals surface area contributed by atoms with Crippen molar-refractivity contribution in [1.82, 2.24) is 4.57 Å². The summed E-state index contributed by atoms with van der Waals surface area (Å²) in [7, 11) is 0. The van der Waals surface area contributed by atoms with Crippen LogP contribution < -0.4 is 4.90 Å². The molecule has 13 rings (SSSR count). The topological polar surface area (TPSA) is 21.3 Å². The second kappa shape index (κ2) is 16.9. The molecule has 324 valence electrons. The molecule has 69 heavy (non-hydrogen) atoms. The standard InChI is InChI=1S/C66H44N2O/c1-2-18-45(19-3-1)54-26-4-5-27-55(54)50-23-16-25-53(44-50)67(51-40-38-46(39-41-51)57-32-17-33-61-60-31-9-13-37-65(60)69-66(57)61)52-24-15-21-48(43-52)47-20-14-22-49(42-47)56-28-6-10-34-62(56)68-63-35-11-7-29-58(63)59-30-8-12-36-64(59)68/h1-44H. The van der Waals surface area contributed by atoms with Crippen molar-refractivity contribution >= 4 is 60.8 Å². The molecule has 0 unspecified atom stereocenters. The highest BCUT2D eigenvalue weighted by molar-refractivity contribution is 6.11. The molecule has 0 aliphatic heterocycles. The first-order valence-corrected chi connectivity index (χ1v) is 23.6. The van der Waals surface area contributed by atoms with E-state index in [4.69, 9.17) is 4.42 Å². The van der Waals surface area contributed by atoms with Crippen LogP contribution in [0.3, 0.4) is 0 Å². The van der Waals surface area contributed by atoms with E-state index < -0.39 is 0 Å². The average molecular weight is 881 g/mol. The van der Waals surface area contributed by atoms with Crippen LogP contribution in [0.2, 0.25) is 0 Å². The van der Waals surface area contributed by atoms with Gasteiger partial charge in [-0.1, -0.05) is 200 Å². The second-order valence-electron chi connectivity index (χ2n) is 17.6. The second-order valence-corrected chi connectivity index (χ2v) is 17.6. The molecular weight excluding hydrogens is 837 g/mol. The number of nitrogens with zero attached hydrogens (tertiary/aromatic N) is 2. The molecule has 0 aliphatic carbocycles. The van der Waals surface area contributed by atoms with Crippen LogP contribution >= 0.6 is 0 Å². The fourth-order valence-electron chi connectivity index (χ4n) is 10.4. The predicted molar refractivity (Wildman–Crippen MR) is 290 cm³/mol. The quantitative estimate of drug-likeness (QED) is 0.144. The zero-order chi connectivity index (χ0) is 45.7. The molecule has 0 saturated heterocycles. The number of aromatic nitrogens is 1. The van der Waals surface area contributed by atoms with Crippen LogP contribution in [0.15, 0.2) is 271 Å². The van der Waals surface area contributed by atoms with E-state index in [1.54, 1.807) is 0 Å². The monoisotopic (exact) mass is 880 g/mol. The van der Waals surface area contributed by atoms with Crippen LogP contribution in [0, 0.1) is 0 Å². The Balaban J connectivity index is 0.927. The zero-order valence-electron chi connectivity index (χ0n) is 37.7. The van der Waals surface area contributed by atoms with Gasteiger partial charge in [0.2, 0.25) is 0 Å². The lowest BCUT2D eigenvalue weighted by Crippen LogP contribution is -2.10. The summed E-state index contributed by atoms with van der Waals surface area (Å²) in [4.78, 5) is 2.38. The maximum atomic E-state index is 6.49. The minimum Gasteiger partial charge on any atom is -0.455 e. The van der Waals surface area contributed by atoms with Crippen molar-refractivity contribution in [3.8, 4) is 61.3 Å². The van der Waals surface area contributed by atoms with E-state index in [-0.39, 0.29) is 0 Å². The maximum Gasteiger partial charge on any atom is 0.143 e. The Bertz CT molecular complexity index is 3970. The average Bonchev–Trinajstić information content (AvgIpc) is 3.98. The molecule has 0 fully saturated rings. The number of benzene rings is 11. The molecule has 13 aromatic rings. The van der Waals surface area contributed by atoms with E-state index in [0.29, 0.717) is 0 Å². The maximum absolute atomic E-state index is 6.49. The third-order valence-electron chi connectivity index (χ3n) is 13.6. The molecule has 0 bridgehead atoms. The molecule has 3 nitrogen and oxygen atoms in total. The van der Waals surface area contributed by atoms with Crippen LogP contribution in [0.4, 0.5) is 17.1 Å². The number of hydrogen-bond donors (Lipinski definition) is 0. The van der Waals surface area contributed by atoms with Gasteiger partial charge in [-0.2, -0.15) is 0 Å². The SMILES string of the molecule is c1ccc(-c2ccccc2-c2cccc(N(c3ccc(-c4cccc5c4oc4ccccc45)cc3)c3cccc(-c4cccc(-c5ccccc5-n5c6ccccc6c6ccccc65)c4)c3)c2)cc1. The summed E-state index contributed by atoms with van der Waals surface area (Å²) in [6.07, 6.45) is 0. The molecule has 2 heterocycles. The van der Waals surface area contributed by atoms with Crippen molar-refractivity contribution in [3.63, 3.8) is 0 Å². The fraction of sp³-hybridized carbons (Fsp3) is 0. The smallest absolute Gasteiger partial charge is 0.143 e. The van der Waals surface area contributed by atoms with Gasteiger partial charge in [0.15, 0.2) is 0 Å². The van der Waals surface area contributed by atoms with Crippen molar-refractivity contribution in [1.29, 1.82) is 0 Å². The molecular formula is C66H44N2O. The third-order valence-corrected chi connectivity index (χ3v) is 13.6. The van der Waals surface area contributed by atoms with Crippen molar-refractivity contribution in [2.24, 2.45) is 0 Å². The Morgan fingerprint density at radius 1 is 0.275 bits per heavy atom. The number of fused-ring (bicyclic) bond motifs is 6. The fourth-order valence-corrected chi connectivity index (χ4v) is 10.4. The highest BCUT2D eigenvalue weighted by atomic mass is 16.3. The van der Waals surface area contributed by atoms with Gasteiger partial charge in [0.05, 0.1) is 16.7 Å². The van der Waals surface area contributed by atoms with Crippen LogP contribution in [0.1, 0.15) is 0 Å². The summed E-state index contributed by atoms with van der Waals surface area (Å²) in [6.45, 7) is 0. The van der Waals surface area contributed by atoms with E-state index in [1.165, 1.54) is 44.1 Å². The van der Waals surface area contributed by atoms with Crippen molar-refractivity contribution in [2.75, 3.05) is 4.90 Å². The van der Waals surface area contributed by atoms with E-state index in [0.717, 1.165) is 78.1 Å². The Morgan fingerprint density at radius 3 is 1.46 bits per heavy atom. The molecule has 0 saturated carbocycles. The Hall–Kier alpha value is -9.18. The molecule has 0 amide bonds. The number of para-hydroxylation sites is 5. The van der Waals surface area contributed by atoms with Gasteiger partial charge in [-0.3, -0.25) is 0 Å². The van der Waals surface area contributed by atoms with E-state index in [9.17, 15) is 0 Å². The molecule has 0 spiro atoms. The summed E-state index contributed by atoms with van der Waals surface area (Å²) < 4.78 is 8.91. The summed E-state index contributed by atoms with van der Waals surface area (Å²) in [5.74, 6) is 0. The van der Waals surface area contributed by atoms with Crippen molar-refractivity contribution < 1.29 is 4.42 Å². The minimum atomic E-state index is 0.897. The van der Waals surface area contributed by atoms with Crippen molar-refractivity contribution in [3.05, 3.63) is 267 Å². The summed E-state index contributed by atoms with van der Waals surface area (Å²) in [6, 6.07) is 96.1. The third kappa shape index (κ3) is 7.08. The lowest BCUT2D eigenvalue weighted by molar-refractivity contribution is 0.670. The molecule has 0 N–H and O–H groups in total. The highest BCUT2D eigenvalue weighted by Gasteiger charge is 2.19. The lowest BCUT2D eigenvalue weighted by atomic mass is 9.94. The molecule has 11 aromatic carbocycles. The van der Waals surface area contributed by atoms with Crippen LogP contribution in [0.25, 0.3) is 105 Å². The normalized spacial score (nSPS) is 11.5. The molecule has 0 aliphatic rings. The van der Waals surface area contributed by atoms with Gasteiger partial charge in [0.25, 0.3) is 0 Å². The predicted octanol–water partition coefficient (Wildman–Crippen LogP) is 18.5. The van der Waals surface area contributed by atoms with Gasteiger partial charge in [-0.05, 0) is 111 Å². The summed E-state index contributed by atoms with van der Waals surface area (Å²) >= 11 is 0. The number of anilines is 3. The van der Waals surface area contributed by atoms with Gasteiger partial charge < -0.3 is 13.9 Å². The summed E-state index contributed by atoms with van der Waals surface area (Å²) in [5.41, 5.74) is 20.0. The molecule has 2 aromatic heterocycles. The molecule has 0 atom stereocenters. The van der Waals surface area contributed by atoms with Crippen molar-refractivity contribution in [2.45, 2.75) is 0 Å². The van der Waals surface area contributed by atoms with Gasteiger partial charge in [-0.15, -0.1) is 0 Å². The highest BCUT2D eigenvalue weighted by Crippen LogP contribution is 2.43. The molecule has 0 radical (unpaired) electrons. The zero-order valence-corrected chi connectivity index (χ0v) is 37.7. The van der Waals surface area contributed by atoms with Gasteiger partial charge >= 0.3 is 0 Å². The lowest BCUT2D eigenvalue weighted by Gasteiger charge is -2.27. The number of furan rings is 1. The largest absolute Gasteiger partial charge is 0.455 e. The first-order valence-electron chi connectivity index (χ1n) is 23.6. The number of hydrogen-bond acceptors (Lipinski definition) is 2. The first kappa shape index (κ1) is 40.1. The van der Waals surface area contributed by atoms with Gasteiger partial charge in [-0.25, -0.2) is 0 Å².